The van der Waals surface area contributed by atoms with Crippen molar-refractivity contribution in [2.45, 2.75) is 19.1 Å². The van der Waals surface area contributed by atoms with Crippen molar-refractivity contribution in [2.24, 2.45) is 0 Å². The van der Waals surface area contributed by atoms with Crippen LogP contribution in [0.1, 0.15) is 11.1 Å². The van der Waals surface area contributed by atoms with Gasteiger partial charge in [-0.3, -0.25) is 20.2 Å². The SMILES string of the molecule is Cl.O=C(Cc1cccc(C(F)(F)F)c1)N1CCn2nc(-c3ccc(F)cc3)c(-c3ccncc3)c2N1. The highest BCUT2D eigenvalue weighted by atomic mass is 35.5. The number of anilines is 1. The van der Waals surface area contributed by atoms with Crippen molar-refractivity contribution in [1.82, 2.24) is 19.8 Å². The lowest BCUT2D eigenvalue weighted by Crippen LogP contribution is -2.43. The molecule has 1 N–H and O–H groups in total. The molecule has 0 spiro atoms. The number of hydrogen-bond donors (Lipinski definition) is 1. The molecule has 0 bridgehead atoms. The van der Waals surface area contributed by atoms with E-state index in [1.165, 1.54) is 29.3 Å². The van der Waals surface area contributed by atoms with E-state index in [2.05, 4.69) is 10.4 Å². The Labute approximate surface area is 210 Å². The number of amides is 1. The molecule has 0 fully saturated rings. The topological polar surface area (TPSA) is 63.1 Å². The Morgan fingerprint density at radius 3 is 2.39 bits per heavy atom. The van der Waals surface area contributed by atoms with Crippen LogP contribution in [0.3, 0.4) is 0 Å². The lowest BCUT2D eigenvalue weighted by molar-refractivity contribution is -0.138. The van der Waals surface area contributed by atoms with Gasteiger partial charge < -0.3 is 0 Å². The van der Waals surface area contributed by atoms with Gasteiger partial charge in [0, 0.05) is 18.0 Å². The fourth-order valence-corrected chi connectivity index (χ4v) is 4.03. The summed E-state index contributed by atoms with van der Waals surface area (Å²) in [5, 5.41) is 6.08. The number of hydrogen-bond acceptors (Lipinski definition) is 4. The third-order valence-corrected chi connectivity index (χ3v) is 5.73. The summed E-state index contributed by atoms with van der Waals surface area (Å²) < 4.78 is 54.4. The normalized spacial score (nSPS) is 12.9. The minimum absolute atomic E-state index is 0. The molecule has 1 aliphatic rings. The quantitative estimate of drug-likeness (QED) is 0.358. The summed E-state index contributed by atoms with van der Waals surface area (Å²) in [6, 6.07) is 14.3. The predicted molar refractivity (Wildman–Crippen MR) is 129 cm³/mol. The first-order chi connectivity index (χ1) is 16.8. The van der Waals surface area contributed by atoms with Crippen LogP contribution < -0.4 is 5.43 Å². The number of carbonyl (C=O) groups excluding carboxylic acids is 1. The number of alkyl halides is 3. The Kier molecular flexibility index (Phi) is 6.98. The number of benzene rings is 2. The van der Waals surface area contributed by atoms with Crippen LogP contribution in [0.4, 0.5) is 23.4 Å². The largest absolute Gasteiger partial charge is 0.416 e. The summed E-state index contributed by atoms with van der Waals surface area (Å²) >= 11 is 0. The summed E-state index contributed by atoms with van der Waals surface area (Å²) in [7, 11) is 0. The summed E-state index contributed by atoms with van der Waals surface area (Å²) in [5.41, 5.74) is 5.37. The molecule has 186 valence electrons. The number of aromatic nitrogens is 3. The van der Waals surface area contributed by atoms with Crippen molar-refractivity contribution < 1.29 is 22.4 Å². The molecule has 0 atom stereocenters. The van der Waals surface area contributed by atoms with E-state index in [1.54, 1.807) is 41.3 Å². The zero-order chi connectivity index (χ0) is 24.6. The summed E-state index contributed by atoms with van der Waals surface area (Å²) in [6.07, 6.45) is -1.41. The molecule has 2 aromatic carbocycles. The molecule has 0 saturated carbocycles. The average molecular weight is 518 g/mol. The molecular weight excluding hydrogens is 498 g/mol. The van der Waals surface area contributed by atoms with E-state index in [4.69, 9.17) is 5.10 Å². The molecule has 3 heterocycles. The van der Waals surface area contributed by atoms with Gasteiger partial charge in [-0.25, -0.2) is 9.07 Å². The highest BCUT2D eigenvalue weighted by molar-refractivity contribution is 5.90. The van der Waals surface area contributed by atoms with Crippen LogP contribution in [0.15, 0.2) is 73.1 Å². The lowest BCUT2D eigenvalue weighted by Gasteiger charge is -2.30. The maximum atomic E-state index is 13.5. The molecule has 36 heavy (non-hydrogen) atoms. The van der Waals surface area contributed by atoms with Crippen molar-refractivity contribution in [3.8, 4) is 22.4 Å². The van der Waals surface area contributed by atoms with Crippen LogP contribution in [0, 0.1) is 5.82 Å². The van der Waals surface area contributed by atoms with Gasteiger partial charge >= 0.3 is 6.18 Å². The zero-order valence-corrected chi connectivity index (χ0v) is 19.5. The first-order valence-electron chi connectivity index (χ1n) is 10.8. The molecular formula is C25H20ClF4N5O. The Balaban J connectivity index is 0.00000304. The Bertz CT molecular complexity index is 1370. The number of fused-ring (bicyclic) bond motifs is 1. The summed E-state index contributed by atoms with van der Waals surface area (Å²) in [6.45, 7) is 0.640. The number of rotatable bonds is 4. The van der Waals surface area contributed by atoms with Crippen molar-refractivity contribution in [3.63, 3.8) is 0 Å². The molecule has 2 aromatic heterocycles. The molecule has 1 amide bonds. The van der Waals surface area contributed by atoms with Crippen LogP contribution in [-0.4, -0.2) is 32.2 Å². The monoisotopic (exact) mass is 517 g/mol. The van der Waals surface area contributed by atoms with Crippen molar-refractivity contribution >= 4 is 24.1 Å². The second-order valence-corrected chi connectivity index (χ2v) is 8.07. The fraction of sp³-hybridized carbons (Fsp3) is 0.160. The first-order valence-corrected chi connectivity index (χ1v) is 10.8. The van der Waals surface area contributed by atoms with Gasteiger partial charge in [-0.2, -0.15) is 18.3 Å². The van der Waals surface area contributed by atoms with Crippen LogP contribution in [0.5, 0.6) is 0 Å². The van der Waals surface area contributed by atoms with Crippen molar-refractivity contribution in [1.29, 1.82) is 0 Å². The van der Waals surface area contributed by atoms with Crippen molar-refractivity contribution in [3.05, 3.63) is 90.0 Å². The zero-order valence-electron chi connectivity index (χ0n) is 18.7. The van der Waals surface area contributed by atoms with Crippen LogP contribution in [-0.2, 0) is 23.9 Å². The molecule has 1 aliphatic heterocycles. The number of hydrazine groups is 1. The van der Waals surface area contributed by atoms with Gasteiger partial charge in [0.25, 0.3) is 0 Å². The van der Waals surface area contributed by atoms with Gasteiger partial charge in [0.2, 0.25) is 5.91 Å². The number of carbonyl (C=O) groups is 1. The predicted octanol–water partition coefficient (Wildman–Crippen LogP) is 5.60. The number of nitrogens with one attached hydrogen (secondary N) is 1. The molecule has 0 aliphatic carbocycles. The molecule has 4 aromatic rings. The van der Waals surface area contributed by atoms with Gasteiger partial charge in [-0.1, -0.05) is 18.2 Å². The first kappa shape index (κ1) is 25.2. The maximum absolute atomic E-state index is 13.5. The molecule has 0 saturated heterocycles. The number of halogens is 5. The minimum Gasteiger partial charge on any atom is -0.279 e. The smallest absolute Gasteiger partial charge is 0.279 e. The van der Waals surface area contributed by atoms with Gasteiger partial charge in [-0.05, 0) is 53.6 Å². The van der Waals surface area contributed by atoms with Gasteiger partial charge in [0.05, 0.1) is 30.6 Å². The molecule has 0 radical (unpaired) electrons. The van der Waals surface area contributed by atoms with E-state index in [9.17, 15) is 22.4 Å². The average Bonchev–Trinajstić information content (AvgIpc) is 3.23. The third kappa shape index (κ3) is 5.03. The molecule has 5 rings (SSSR count). The molecule has 0 unspecified atom stereocenters. The van der Waals surface area contributed by atoms with E-state index in [0.29, 0.717) is 29.2 Å². The minimum atomic E-state index is -4.48. The van der Waals surface area contributed by atoms with E-state index in [-0.39, 0.29) is 42.7 Å². The highest BCUT2D eigenvalue weighted by Crippen LogP contribution is 2.39. The second-order valence-electron chi connectivity index (χ2n) is 8.07. The third-order valence-electron chi connectivity index (χ3n) is 5.73. The second kappa shape index (κ2) is 9.98. The number of pyridine rings is 1. The van der Waals surface area contributed by atoms with Crippen LogP contribution >= 0.6 is 12.4 Å². The van der Waals surface area contributed by atoms with Crippen LogP contribution in [0.2, 0.25) is 0 Å². The Morgan fingerprint density at radius 1 is 0.972 bits per heavy atom. The fourth-order valence-electron chi connectivity index (χ4n) is 4.03. The van der Waals surface area contributed by atoms with Gasteiger partial charge in [0.1, 0.15) is 11.5 Å². The van der Waals surface area contributed by atoms with E-state index < -0.39 is 11.7 Å². The van der Waals surface area contributed by atoms with E-state index in [0.717, 1.165) is 17.7 Å². The standard InChI is InChI=1S/C25H19F4N5O.ClH/c26-20-6-4-18(5-7-20)23-22(17-8-10-30-11-9-17)24-32-33(12-13-34(24)31-23)21(35)15-16-2-1-3-19(14-16)25(27,28)29;/h1-11,14,32H,12-13,15H2;1H. The highest BCUT2D eigenvalue weighted by Gasteiger charge is 2.31. The van der Waals surface area contributed by atoms with E-state index >= 15 is 0 Å². The van der Waals surface area contributed by atoms with Gasteiger partial charge in [0.15, 0.2) is 5.82 Å². The Morgan fingerprint density at radius 2 is 1.69 bits per heavy atom. The van der Waals surface area contributed by atoms with Gasteiger partial charge in [-0.15, -0.1) is 12.4 Å². The maximum Gasteiger partial charge on any atom is 0.416 e. The number of nitrogens with zero attached hydrogens (tertiary/aromatic N) is 4. The lowest BCUT2D eigenvalue weighted by atomic mass is 10.0. The summed E-state index contributed by atoms with van der Waals surface area (Å²) in [4.78, 5) is 17.1. The molecule has 11 heteroatoms. The van der Waals surface area contributed by atoms with Crippen molar-refractivity contribution in [2.75, 3.05) is 12.0 Å². The summed E-state index contributed by atoms with van der Waals surface area (Å²) in [5.74, 6) is -0.187. The molecule has 6 nitrogen and oxygen atoms in total. The van der Waals surface area contributed by atoms with Crippen LogP contribution in [0.25, 0.3) is 22.4 Å². The Hall–Kier alpha value is -3.92. The van der Waals surface area contributed by atoms with E-state index in [1.807, 2.05) is 0 Å².